The van der Waals surface area contributed by atoms with Gasteiger partial charge in [0, 0.05) is 0 Å². The van der Waals surface area contributed by atoms with Crippen molar-refractivity contribution in [1.82, 2.24) is 0 Å². The molecular weight excluding hydrogens is 264 g/mol. The largest absolute Gasteiger partial charge is 0.490 e. The summed E-state index contributed by atoms with van der Waals surface area (Å²) < 4.78 is 5.88. The summed E-state index contributed by atoms with van der Waals surface area (Å²) in [5.41, 5.74) is 3.55. The fourth-order valence-electron chi connectivity index (χ4n) is 3.20. The molecule has 1 heterocycles. The second-order valence-corrected chi connectivity index (χ2v) is 6.60. The fraction of sp³-hybridized carbons (Fsp3) is 0.647. The highest BCUT2D eigenvalue weighted by Gasteiger charge is 2.23. The molecule has 1 unspecified atom stereocenters. The van der Waals surface area contributed by atoms with Crippen LogP contribution in [-0.4, -0.2) is 57.6 Å². The van der Waals surface area contributed by atoms with Gasteiger partial charge in [0.1, 0.15) is 51.2 Å². The van der Waals surface area contributed by atoms with Gasteiger partial charge in [0.05, 0.1) is 7.05 Å². The molecule has 1 aliphatic rings. The van der Waals surface area contributed by atoms with E-state index in [1.165, 1.54) is 23.6 Å². The Morgan fingerprint density at radius 2 is 1.67 bits per heavy atom. The quantitative estimate of drug-likeness (QED) is 0.636. The molecule has 1 fully saturated rings. The van der Waals surface area contributed by atoms with Crippen molar-refractivity contribution in [1.29, 1.82) is 0 Å². The lowest BCUT2D eigenvalue weighted by atomic mass is 10.1. The Kier molecular flexibility index (Phi) is 5.62. The van der Waals surface area contributed by atoms with E-state index in [0.717, 1.165) is 36.5 Å². The first kappa shape index (κ1) is 16.3. The molecule has 1 aromatic carbocycles. The molecule has 4 nitrogen and oxygen atoms in total. The first-order valence-electron chi connectivity index (χ1n) is 7.99. The lowest BCUT2D eigenvalue weighted by Gasteiger charge is -2.28. The predicted octanol–water partition coefficient (Wildman–Crippen LogP) is -1.24. The smallest absolute Gasteiger partial charge is 0.137 e. The summed E-state index contributed by atoms with van der Waals surface area (Å²) in [7, 11) is 2.24. The van der Waals surface area contributed by atoms with Crippen LogP contribution in [0.25, 0.3) is 0 Å². The topological polar surface area (TPSA) is 38.3 Å². The second-order valence-electron chi connectivity index (χ2n) is 6.60. The van der Waals surface area contributed by atoms with Crippen molar-refractivity contribution in [3.05, 3.63) is 28.8 Å². The van der Waals surface area contributed by atoms with Crippen LogP contribution < -0.4 is 14.5 Å². The van der Waals surface area contributed by atoms with E-state index in [2.05, 4.69) is 40.0 Å². The van der Waals surface area contributed by atoms with E-state index in [4.69, 9.17) is 4.74 Å². The average Bonchev–Trinajstić information content (AvgIpc) is 2.40. The van der Waals surface area contributed by atoms with E-state index in [9.17, 15) is 5.11 Å². The molecule has 0 bridgehead atoms. The van der Waals surface area contributed by atoms with Gasteiger partial charge in [0.25, 0.3) is 0 Å². The van der Waals surface area contributed by atoms with Gasteiger partial charge in [-0.3, -0.25) is 0 Å². The van der Waals surface area contributed by atoms with Crippen LogP contribution in [0.4, 0.5) is 0 Å². The number of nitrogens with one attached hydrogen (secondary N) is 2. The number of hydrogen-bond donors (Lipinski definition) is 3. The molecule has 118 valence electrons. The Hall–Kier alpha value is -1.10. The normalized spacial score (nSPS) is 23.9. The molecule has 1 atom stereocenters. The number of rotatable bonds is 5. The van der Waals surface area contributed by atoms with Gasteiger partial charge >= 0.3 is 0 Å². The van der Waals surface area contributed by atoms with Crippen molar-refractivity contribution in [2.75, 3.05) is 46.4 Å². The number of ether oxygens (including phenoxy) is 1. The summed E-state index contributed by atoms with van der Waals surface area (Å²) in [6, 6.07) is 4.26. The highest BCUT2D eigenvalue weighted by molar-refractivity contribution is 5.42. The lowest BCUT2D eigenvalue weighted by molar-refractivity contribution is -1.00. The maximum absolute atomic E-state index is 10.2. The molecule has 0 aliphatic carbocycles. The number of hydrogen-bond acceptors (Lipinski definition) is 2. The Morgan fingerprint density at radius 1 is 1.10 bits per heavy atom. The summed E-state index contributed by atoms with van der Waals surface area (Å²) >= 11 is 0. The number of likely N-dealkylation sites (N-methyl/N-ethyl adjacent to an activating group) is 1. The first-order chi connectivity index (χ1) is 9.95. The SMILES string of the molecule is Cc1cc(C)c(OCC(O)C[NH+]2CC[NH+](C)CC2)c(C)c1. The first-order valence-corrected chi connectivity index (χ1v) is 7.99. The molecule has 0 amide bonds. The molecule has 4 heteroatoms. The van der Waals surface area contributed by atoms with Crippen LogP contribution in [0.2, 0.25) is 0 Å². The Balaban J connectivity index is 1.83. The van der Waals surface area contributed by atoms with E-state index in [-0.39, 0.29) is 0 Å². The predicted molar refractivity (Wildman–Crippen MR) is 84.3 cm³/mol. The van der Waals surface area contributed by atoms with Gasteiger partial charge in [-0.2, -0.15) is 0 Å². The molecule has 21 heavy (non-hydrogen) atoms. The van der Waals surface area contributed by atoms with Gasteiger partial charge in [0.15, 0.2) is 0 Å². The van der Waals surface area contributed by atoms with Crippen LogP contribution >= 0.6 is 0 Å². The molecule has 3 N–H and O–H groups in total. The minimum atomic E-state index is -0.390. The van der Waals surface area contributed by atoms with Crippen molar-refractivity contribution in [3.8, 4) is 5.75 Å². The molecule has 1 aromatic rings. The third-order valence-electron chi connectivity index (χ3n) is 4.36. The second kappa shape index (κ2) is 7.25. The Bertz CT molecular complexity index is 445. The van der Waals surface area contributed by atoms with Crippen molar-refractivity contribution in [3.63, 3.8) is 0 Å². The van der Waals surface area contributed by atoms with Crippen LogP contribution in [0.3, 0.4) is 0 Å². The van der Waals surface area contributed by atoms with Crippen molar-refractivity contribution < 1.29 is 19.6 Å². The zero-order valence-corrected chi connectivity index (χ0v) is 13.8. The summed E-state index contributed by atoms with van der Waals surface area (Å²) in [5, 5.41) is 10.2. The van der Waals surface area contributed by atoms with Crippen LogP contribution in [0.5, 0.6) is 5.75 Å². The highest BCUT2D eigenvalue weighted by Crippen LogP contribution is 2.24. The Morgan fingerprint density at radius 3 is 2.24 bits per heavy atom. The van der Waals surface area contributed by atoms with Crippen LogP contribution in [-0.2, 0) is 0 Å². The third-order valence-corrected chi connectivity index (χ3v) is 4.36. The molecule has 1 aliphatic heterocycles. The number of aliphatic hydroxyl groups excluding tert-OH is 1. The van der Waals surface area contributed by atoms with Gasteiger partial charge in [-0.05, 0) is 31.9 Å². The van der Waals surface area contributed by atoms with Crippen LogP contribution in [0, 0.1) is 20.8 Å². The molecule has 0 saturated carbocycles. The maximum atomic E-state index is 10.2. The van der Waals surface area contributed by atoms with Crippen LogP contribution in [0.1, 0.15) is 16.7 Å². The molecule has 0 radical (unpaired) electrons. The number of piperazine rings is 1. The van der Waals surface area contributed by atoms with Crippen molar-refractivity contribution >= 4 is 0 Å². The minimum absolute atomic E-state index is 0.386. The van der Waals surface area contributed by atoms with E-state index in [1.807, 2.05) is 0 Å². The zero-order valence-electron chi connectivity index (χ0n) is 13.8. The monoisotopic (exact) mass is 294 g/mol. The summed E-state index contributed by atoms with van der Waals surface area (Å²) in [5.74, 6) is 0.928. The van der Waals surface area contributed by atoms with E-state index >= 15 is 0 Å². The summed E-state index contributed by atoms with van der Waals surface area (Å²) in [6.07, 6.45) is -0.390. The van der Waals surface area contributed by atoms with Gasteiger partial charge in [-0.25, -0.2) is 0 Å². The van der Waals surface area contributed by atoms with Gasteiger partial charge in [0.2, 0.25) is 0 Å². The number of aryl methyl sites for hydroxylation is 3. The van der Waals surface area contributed by atoms with E-state index in [1.54, 1.807) is 4.90 Å². The zero-order chi connectivity index (χ0) is 15.4. The van der Waals surface area contributed by atoms with Gasteiger partial charge < -0.3 is 19.6 Å². The fourth-order valence-corrected chi connectivity index (χ4v) is 3.20. The van der Waals surface area contributed by atoms with E-state index < -0.39 is 6.10 Å². The van der Waals surface area contributed by atoms with Crippen molar-refractivity contribution in [2.24, 2.45) is 0 Å². The number of aliphatic hydroxyl groups is 1. The van der Waals surface area contributed by atoms with Gasteiger partial charge in [-0.1, -0.05) is 17.7 Å². The maximum Gasteiger partial charge on any atom is 0.137 e. The standard InChI is InChI=1S/C17H28N2O2/c1-13-9-14(2)17(15(3)10-13)21-12-16(20)11-19-7-5-18(4)6-8-19/h9-10,16,20H,5-8,11-12H2,1-4H3/p+2. The van der Waals surface area contributed by atoms with E-state index in [0.29, 0.717) is 6.61 Å². The van der Waals surface area contributed by atoms with Crippen LogP contribution in [0.15, 0.2) is 12.1 Å². The molecular formula is C17H30N2O2+2. The molecule has 2 rings (SSSR count). The lowest BCUT2D eigenvalue weighted by Crippen LogP contribution is -3.27. The molecule has 0 spiro atoms. The summed E-state index contributed by atoms with van der Waals surface area (Å²) in [4.78, 5) is 3.09. The Labute approximate surface area is 128 Å². The number of quaternary nitrogens is 2. The number of benzene rings is 1. The molecule has 1 saturated heterocycles. The third kappa shape index (κ3) is 4.70. The highest BCUT2D eigenvalue weighted by atomic mass is 16.5. The average molecular weight is 294 g/mol. The summed E-state index contributed by atoms with van der Waals surface area (Å²) in [6.45, 7) is 12.1. The van der Waals surface area contributed by atoms with Crippen molar-refractivity contribution in [2.45, 2.75) is 26.9 Å². The van der Waals surface area contributed by atoms with Gasteiger partial charge in [-0.15, -0.1) is 0 Å². The molecule has 0 aromatic heterocycles. The minimum Gasteiger partial charge on any atom is -0.490 e.